The number of carboxylic acids is 1. The average Bonchev–Trinajstić information content (AvgIpc) is 3.49. The predicted molar refractivity (Wildman–Crippen MR) is 161 cm³/mol. The average molecular weight is 643 g/mol. The number of alkyl halides is 3. The Morgan fingerprint density at radius 3 is 2.32 bits per heavy atom. The number of carboxylic acid groups (broad SMARTS) is 1. The van der Waals surface area contributed by atoms with E-state index in [1.807, 2.05) is 36.4 Å². The Kier molecular flexibility index (Phi) is 7.30. The van der Waals surface area contributed by atoms with Crippen LogP contribution in [0.3, 0.4) is 0 Å². The number of aromatic carboxylic acids is 1. The molecule has 0 aliphatic heterocycles. The van der Waals surface area contributed by atoms with Crippen molar-refractivity contribution in [1.29, 1.82) is 0 Å². The van der Waals surface area contributed by atoms with Gasteiger partial charge in [-0.25, -0.2) is 18.9 Å². The molecule has 0 unspecified atom stereocenters. The first-order valence-corrected chi connectivity index (χ1v) is 16.6. The largest absolute Gasteiger partial charge is 0.476 e. The van der Waals surface area contributed by atoms with Gasteiger partial charge in [0.1, 0.15) is 11.2 Å². The zero-order valence-corrected chi connectivity index (χ0v) is 24.9. The van der Waals surface area contributed by atoms with Crippen LogP contribution < -0.4 is 5.14 Å². The summed E-state index contributed by atoms with van der Waals surface area (Å²) in [4.78, 5) is 15.8. The van der Waals surface area contributed by atoms with E-state index < -0.39 is 33.5 Å². The van der Waals surface area contributed by atoms with Crippen molar-refractivity contribution in [2.75, 3.05) is 6.26 Å². The van der Waals surface area contributed by atoms with Gasteiger partial charge in [-0.15, -0.1) is 11.3 Å². The van der Waals surface area contributed by atoms with Crippen molar-refractivity contribution in [3.05, 3.63) is 107 Å². The predicted octanol–water partition coefficient (Wildman–Crippen LogP) is 6.56. The summed E-state index contributed by atoms with van der Waals surface area (Å²) in [5, 5.41) is 21.0. The summed E-state index contributed by atoms with van der Waals surface area (Å²) >= 11 is 0.853. The Balaban J connectivity index is 1.61. The molecule has 7 nitrogen and oxygen atoms in total. The molecular weight excluding hydrogens is 616 g/mol. The quantitative estimate of drug-likeness (QED) is 0.131. The molecule has 6 rings (SSSR count). The van der Waals surface area contributed by atoms with Crippen LogP contribution in [0.5, 0.6) is 0 Å². The van der Waals surface area contributed by atoms with E-state index in [1.165, 1.54) is 23.8 Å². The van der Waals surface area contributed by atoms with Crippen molar-refractivity contribution >= 4 is 27.4 Å². The van der Waals surface area contributed by atoms with Crippen LogP contribution in [0.25, 0.3) is 27.5 Å². The minimum atomic E-state index is -4.67. The number of benzene rings is 3. The van der Waals surface area contributed by atoms with Gasteiger partial charge in [0.2, 0.25) is 5.13 Å². The third-order valence-electron chi connectivity index (χ3n) is 7.78. The van der Waals surface area contributed by atoms with Crippen molar-refractivity contribution in [1.82, 2.24) is 14.8 Å². The van der Waals surface area contributed by atoms with E-state index in [0.29, 0.717) is 5.56 Å². The second kappa shape index (κ2) is 10.8. The number of hydrogen-bond acceptors (Lipinski definition) is 5. The number of nitrogens with two attached hydrogens (primary N) is 1. The summed E-state index contributed by atoms with van der Waals surface area (Å²) in [6.45, 7) is 0. The van der Waals surface area contributed by atoms with Crippen LogP contribution in [0.4, 0.5) is 17.6 Å². The van der Waals surface area contributed by atoms with Gasteiger partial charge in [-0.3, -0.25) is 9.35 Å². The van der Waals surface area contributed by atoms with Crippen LogP contribution in [0.2, 0.25) is 0 Å². The van der Waals surface area contributed by atoms with Crippen LogP contribution >= 0.6 is 11.3 Å². The van der Waals surface area contributed by atoms with Crippen molar-refractivity contribution in [3.8, 4) is 27.5 Å². The summed E-state index contributed by atoms with van der Waals surface area (Å²) in [5.74, 6) is -2.10. The number of nitrogens with zero attached hydrogens (tertiary/aromatic N) is 3. The number of thiazole rings is 1. The molecule has 0 saturated heterocycles. The van der Waals surface area contributed by atoms with Crippen molar-refractivity contribution in [3.63, 3.8) is 0 Å². The molecule has 1 aliphatic rings. The lowest BCUT2D eigenvalue weighted by atomic mass is 9.90. The van der Waals surface area contributed by atoms with Crippen LogP contribution in [-0.2, 0) is 22.0 Å². The van der Waals surface area contributed by atoms with Gasteiger partial charge in [0.25, 0.3) is 0 Å². The van der Waals surface area contributed by atoms with Crippen LogP contribution in [-0.4, -0.2) is 42.5 Å². The molecule has 2 aromatic heterocycles. The van der Waals surface area contributed by atoms with Gasteiger partial charge in [0, 0.05) is 34.1 Å². The van der Waals surface area contributed by atoms with Crippen molar-refractivity contribution in [2.24, 2.45) is 5.14 Å². The molecule has 0 amide bonds. The van der Waals surface area contributed by atoms with Crippen LogP contribution in [0.1, 0.15) is 40.2 Å². The second-order valence-corrected chi connectivity index (χ2v) is 14.2. The molecule has 1 aliphatic carbocycles. The number of aromatic nitrogens is 3. The number of carbonyl (C=O) groups is 1. The number of hydrogen-bond donors (Lipinski definition) is 3. The van der Waals surface area contributed by atoms with E-state index in [9.17, 15) is 27.3 Å². The third kappa shape index (κ3) is 5.35. The fourth-order valence-electron chi connectivity index (χ4n) is 5.34. The van der Waals surface area contributed by atoms with Crippen molar-refractivity contribution in [2.45, 2.75) is 35.7 Å². The highest BCUT2D eigenvalue weighted by Crippen LogP contribution is 2.61. The zero-order valence-electron chi connectivity index (χ0n) is 23.2. The maximum absolute atomic E-state index is 15.5. The first-order valence-electron chi connectivity index (χ1n) is 13.5. The number of rotatable bonds is 8. The van der Waals surface area contributed by atoms with E-state index >= 15 is 4.39 Å². The van der Waals surface area contributed by atoms with Crippen LogP contribution in [0, 0.1) is 5.82 Å². The Labute approximate surface area is 254 Å². The lowest BCUT2D eigenvalue weighted by Crippen LogP contribution is -2.32. The molecule has 5 aromatic rings. The Morgan fingerprint density at radius 1 is 1.05 bits per heavy atom. The van der Waals surface area contributed by atoms with E-state index in [2.05, 4.69) is 10.1 Å². The molecule has 0 radical (unpaired) electrons. The molecule has 3 aromatic carbocycles. The van der Waals surface area contributed by atoms with E-state index in [0.717, 1.165) is 33.2 Å². The Morgan fingerprint density at radius 2 is 1.73 bits per heavy atom. The minimum absolute atomic E-state index is 0.0505. The summed E-state index contributed by atoms with van der Waals surface area (Å²) < 4.78 is 73.4. The smallest absolute Gasteiger partial charge is 0.399 e. The molecule has 0 bridgehead atoms. The Bertz CT molecular complexity index is 1940. The fourth-order valence-corrected chi connectivity index (χ4v) is 6.84. The summed E-state index contributed by atoms with van der Waals surface area (Å²) in [7, 11) is -3.29. The maximum atomic E-state index is 15.5. The second-order valence-electron chi connectivity index (χ2n) is 10.9. The van der Waals surface area contributed by atoms with Gasteiger partial charge in [-0.1, -0.05) is 54.6 Å². The number of halogens is 4. The lowest BCUT2D eigenvalue weighted by molar-refractivity contribution is -0.162. The SMILES string of the molecule is C[SH](N)(=O)c1ccc(Cc2c(-c3cccc(-c4ccccc4)c3)nn(-c3nc(C(=O)O)cs3)c2C2(C(F)(F)F)CC2)c(F)c1. The van der Waals surface area contributed by atoms with Gasteiger partial charge in [0.05, 0.1) is 11.4 Å². The van der Waals surface area contributed by atoms with E-state index in [1.54, 1.807) is 18.2 Å². The highest BCUT2D eigenvalue weighted by molar-refractivity contribution is 8.00. The maximum Gasteiger partial charge on any atom is 0.399 e. The highest BCUT2D eigenvalue weighted by atomic mass is 32.3. The van der Waals surface area contributed by atoms with Gasteiger partial charge >= 0.3 is 12.1 Å². The monoisotopic (exact) mass is 642 g/mol. The van der Waals surface area contributed by atoms with E-state index in [-0.39, 0.29) is 57.5 Å². The molecular formula is C31H26F4N4O3S2. The van der Waals surface area contributed by atoms with E-state index in [4.69, 9.17) is 5.14 Å². The Hall–Kier alpha value is -4.20. The van der Waals surface area contributed by atoms with Crippen LogP contribution in [0.15, 0.2) is 83.1 Å². The third-order valence-corrected chi connectivity index (χ3v) is 9.90. The summed E-state index contributed by atoms with van der Waals surface area (Å²) in [5.41, 5.74) is -0.278. The molecule has 13 heteroatoms. The highest BCUT2D eigenvalue weighted by Gasteiger charge is 2.67. The molecule has 1 saturated carbocycles. The first kappa shape index (κ1) is 29.9. The molecule has 228 valence electrons. The lowest BCUT2D eigenvalue weighted by Gasteiger charge is -2.22. The molecule has 1 fully saturated rings. The first-order chi connectivity index (χ1) is 20.8. The van der Waals surface area contributed by atoms with Crippen molar-refractivity contribution < 1.29 is 31.7 Å². The number of thiol groups is 1. The van der Waals surface area contributed by atoms with Gasteiger partial charge in [0.15, 0.2) is 5.69 Å². The zero-order chi connectivity index (χ0) is 31.4. The summed E-state index contributed by atoms with van der Waals surface area (Å²) in [6.07, 6.45) is -4.10. The normalized spacial score (nSPS) is 14.9. The molecule has 0 spiro atoms. The van der Waals surface area contributed by atoms with Gasteiger partial charge in [-0.05, 0) is 57.8 Å². The fraction of sp³-hybridized carbons (Fsp3) is 0.194. The van der Waals surface area contributed by atoms with Gasteiger partial charge in [-0.2, -0.15) is 18.3 Å². The molecule has 3 N–H and O–H groups in total. The molecule has 44 heavy (non-hydrogen) atoms. The van der Waals surface area contributed by atoms with Gasteiger partial charge < -0.3 is 5.11 Å². The standard InChI is InChI=1S/C31H26F4N4O3S2/c1-44(36,42)22-11-10-20(24(32)16-22)15-23-26(21-9-5-8-19(14-21)18-6-3-2-4-7-18)38-39(29-37-25(17-43-29)28(40)41)27(23)30(12-13-30)31(33,34)35/h2-11,14,16-17,44H,12-13,15H2,1H3,(H2,36,42)(H,40,41). The molecule has 0 atom stereocenters. The summed E-state index contributed by atoms with van der Waals surface area (Å²) in [6, 6.07) is 20.4. The topological polar surface area (TPSA) is 111 Å². The molecule has 2 heterocycles. The minimum Gasteiger partial charge on any atom is -0.476 e.